The molecule has 102 valence electrons. The molecule has 0 radical (unpaired) electrons. The fraction of sp³-hybridized carbons (Fsp3) is 0.818. The molecule has 2 unspecified atom stereocenters. The molecular formula is C11H19N3O4. The van der Waals surface area contributed by atoms with Gasteiger partial charge in [0.15, 0.2) is 0 Å². The molecule has 2 rings (SSSR count). The number of carbonyl (C=O) groups is 2. The monoisotopic (exact) mass is 257 g/mol. The van der Waals surface area contributed by atoms with E-state index >= 15 is 0 Å². The van der Waals surface area contributed by atoms with Gasteiger partial charge in [0.2, 0.25) is 0 Å². The van der Waals surface area contributed by atoms with Crippen molar-refractivity contribution in [3.05, 3.63) is 0 Å². The van der Waals surface area contributed by atoms with E-state index in [1.807, 2.05) is 0 Å². The molecular weight excluding hydrogens is 238 g/mol. The third-order valence-corrected chi connectivity index (χ3v) is 3.36. The molecule has 3 N–H and O–H groups in total. The van der Waals surface area contributed by atoms with Crippen molar-refractivity contribution in [3.8, 4) is 0 Å². The normalized spacial score (nSPS) is 29.2. The first-order valence-corrected chi connectivity index (χ1v) is 6.24. The summed E-state index contributed by atoms with van der Waals surface area (Å²) in [5.41, 5.74) is 0. The van der Waals surface area contributed by atoms with Crippen LogP contribution in [0.4, 0.5) is 0 Å². The minimum Gasteiger partial charge on any atom is -0.388 e. The largest absolute Gasteiger partial charge is 0.388 e. The van der Waals surface area contributed by atoms with E-state index in [-0.39, 0.29) is 13.1 Å². The van der Waals surface area contributed by atoms with E-state index in [0.717, 1.165) is 13.0 Å². The second-order valence-corrected chi connectivity index (χ2v) is 4.74. The lowest BCUT2D eigenvalue weighted by Gasteiger charge is -2.22. The summed E-state index contributed by atoms with van der Waals surface area (Å²) < 4.78 is 0. The Balaban J connectivity index is 1.94. The maximum absolute atomic E-state index is 12.0. The van der Waals surface area contributed by atoms with Crippen LogP contribution in [0.3, 0.4) is 0 Å². The number of amides is 2. The average Bonchev–Trinajstić information content (AvgIpc) is 2.61. The minimum absolute atomic E-state index is 0.0256. The summed E-state index contributed by atoms with van der Waals surface area (Å²) in [5, 5.41) is 21.9. The molecule has 2 saturated heterocycles. The highest BCUT2D eigenvalue weighted by atomic mass is 16.3. The van der Waals surface area contributed by atoms with Gasteiger partial charge >= 0.3 is 11.8 Å². The number of likely N-dealkylation sites (tertiary alicyclic amines) is 1. The number of rotatable bonds is 0. The quantitative estimate of drug-likeness (QED) is 0.413. The molecule has 0 saturated carbocycles. The van der Waals surface area contributed by atoms with Gasteiger partial charge < -0.3 is 25.3 Å². The van der Waals surface area contributed by atoms with E-state index in [9.17, 15) is 19.8 Å². The van der Waals surface area contributed by atoms with Crippen LogP contribution in [-0.2, 0) is 9.59 Å². The van der Waals surface area contributed by atoms with Crippen molar-refractivity contribution in [2.24, 2.45) is 0 Å². The Kier molecular flexibility index (Phi) is 4.15. The standard InChI is InChI=1S/C11H19N3O4/c15-8-6-14(7-9(8)16)11(18)10(17)13-4-1-2-12-3-5-13/h8-9,12,15-16H,1-7H2. The van der Waals surface area contributed by atoms with Crippen LogP contribution in [0.15, 0.2) is 0 Å². The summed E-state index contributed by atoms with van der Waals surface area (Å²) in [6.07, 6.45) is -1.08. The molecule has 2 atom stereocenters. The molecule has 0 aromatic rings. The number of aliphatic hydroxyl groups is 2. The molecule has 2 aliphatic rings. The SMILES string of the molecule is O=C(C(=O)N1CC(O)C(O)C1)N1CCCNCC1. The molecule has 2 amide bonds. The summed E-state index contributed by atoms with van der Waals surface area (Å²) in [4.78, 5) is 26.7. The molecule has 2 aliphatic heterocycles. The fourth-order valence-corrected chi connectivity index (χ4v) is 2.25. The topological polar surface area (TPSA) is 93.1 Å². The molecule has 0 spiro atoms. The smallest absolute Gasteiger partial charge is 0.312 e. The van der Waals surface area contributed by atoms with Crippen LogP contribution in [0.1, 0.15) is 6.42 Å². The third-order valence-electron chi connectivity index (χ3n) is 3.36. The molecule has 7 nitrogen and oxygen atoms in total. The lowest BCUT2D eigenvalue weighted by atomic mass is 10.3. The van der Waals surface area contributed by atoms with Crippen molar-refractivity contribution in [2.75, 3.05) is 39.3 Å². The van der Waals surface area contributed by atoms with E-state index in [4.69, 9.17) is 0 Å². The number of carbonyl (C=O) groups excluding carboxylic acids is 2. The summed E-state index contributed by atoms with van der Waals surface area (Å²) in [6, 6.07) is 0. The van der Waals surface area contributed by atoms with Crippen LogP contribution in [0.2, 0.25) is 0 Å². The molecule has 2 heterocycles. The Bertz CT molecular complexity index is 306. The molecule has 0 aliphatic carbocycles. The number of hydrogen-bond donors (Lipinski definition) is 3. The number of β-amino-alcohol motifs (C(OH)–C–C–N with tert-alkyl or cyclic N) is 2. The number of hydrogen-bond acceptors (Lipinski definition) is 5. The number of aliphatic hydroxyl groups excluding tert-OH is 2. The third kappa shape index (κ3) is 2.80. The minimum atomic E-state index is -0.951. The van der Waals surface area contributed by atoms with E-state index in [1.165, 1.54) is 9.80 Å². The lowest BCUT2D eigenvalue weighted by Crippen LogP contribution is -2.46. The zero-order valence-corrected chi connectivity index (χ0v) is 10.2. The Morgan fingerprint density at radius 3 is 2.22 bits per heavy atom. The van der Waals surface area contributed by atoms with Gasteiger partial charge in [0.05, 0.1) is 12.2 Å². The van der Waals surface area contributed by atoms with Gasteiger partial charge in [0, 0.05) is 32.7 Å². The van der Waals surface area contributed by atoms with E-state index in [1.54, 1.807) is 0 Å². The highest BCUT2D eigenvalue weighted by Gasteiger charge is 2.36. The van der Waals surface area contributed by atoms with Crippen LogP contribution in [-0.4, -0.2) is 83.3 Å². The average molecular weight is 257 g/mol. The fourth-order valence-electron chi connectivity index (χ4n) is 2.25. The molecule has 0 bridgehead atoms. The Morgan fingerprint density at radius 2 is 1.56 bits per heavy atom. The van der Waals surface area contributed by atoms with Gasteiger partial charge in [-0.25, -0.2) is 0 Å². The van der Waals surface area contributed by atoms with Crippen LogP contribution in [0, 0.1) is 0 Å². The maximum atomic E-state index is 12.0. The predicted molar refractivity (Wildman–Crippen MR) is 62.7 cm³/mol. The van der Waals surface area contributed by atoms with Crippen LogP contribution in [0.5, 0.6) is 0 Å². The van der Waals surface area contributed by atoms with E-state index < -0.39 is 24.0 Å². The highest BCUT2D eigenvalue weighted by molar-refractivity contribution is 6.35. The summed E-state index contributed by atoms with van der Waals surface area (Å²) >= 11 is 0. The summed E-state index contributed by atoms with van der Waals surface area (Å²) in [5.74, 6) is -1.17. The maximum Gasteiger partial charge on any atom is 0.312 e. The van der Waals surface area contributed by atoms with Gasteiger partial charge in [-0.3, -0.25) is 9.59 Å². The second-order valence-electron chi connectivity index (χ2n) is 4.74. The van der Waals surface area contributed by atoms with Crippen molar-refractivity contribution in [3.63, 3.8) is 0 Å². The Labute approximate surface area is 105 Å². The number of nitrogens with zero attached hydrogens (tertiary/aromatic N) is 2. The van der Waals surface area contributed by atoms with Crippen molar-refractivity contribution in [1.82, 2.24) is 15.1 Å². The molecule has 18 heavy (non-hydrogen) atoms. The molecule has 2 fully saturated rings. The molecule has 0 aromatic heterocycles. The van der Waals surface area contributed by atoms with Crippen molar-refractivity contribution in [1.29, 1.82) is 0 Å². The molecule has 7 heteroatoms. The van der Waals surface area contributed by atoms with Gasteiger partial charge in [-0.1, -0.05) is 0 Å². The van der Waals surface area contributed by atoms with Crippen molar-refractivity contribution < 1.29 is 19.8 Å². The van der Waals surface area contributed by atoms with Crippen LogP contribution < -0.4 is 5.32 Å². The van der Waals surface area contributed by atoms with Gasteiger partial charge in [-0.2, -0.15) is 0 Å². The van der Waals surface area contributed by atoms with Crippen LogP contribution in [0.25, 0.3) is 0 Å². The predicted octanol–water partition coefficient (Wildman–Crippen LogP) is -2.63. The van der Waals surface area contributed by atoms with Gasteiger partial charge in [-0.05, 0) is 13.0 Å². The zero-order chi connectivity index (χ0) is 13.1. The first kappa shape index (κ1) is 13.3. The second kappa shape index (κ2) is 5.64. The number of nitrogens with one attached hydrogen (secondary N) is 1. The zero-order valence-electron chi connectivity index (χ0n) is 10.2. The van der Waals surface area contributed by atoms with Crippen LogP contribution >= 0.6 is 0 Å². The van der Waals surface area contributed by atoms with E-state index in [0.29, 0.717) is 19.6 Å². The summed E-state index contributed by atoms with van der Waals surface area (Å²) in [6.45, 7) is 2.67. The van der Waals surface area contributed by atoms with Gasteiger partial charge in [-0.15, -0.1) is 0 Å². The van der Waals surface area contributed by atoms with Crippen molar-refractivity contribution >= 4 is 11.8 Å². The Morgan fingerprint density at radius 1 is 0.944 bits per heavy atom. The Hall–Kier alpha value is -1.18. The first-order chi connectivity index (χ1) is 8.59. The van der Waals surface area contributed by atoms with Gasteiger partial charge in [0.1, 0.15) is 0 Å². The van der Waals surface area contributed by atoms with Gasteiger partial charge in [0.25, 0.3) is 0 Å². The van der Waals surface area contributed by atoms with Crippen molar-refractivity contribution in [2.45, 2.75) is 18.6 Å². The summed E-state index contributed by atoms with van der Waals surface area (Å²) in [7, 11) is 0. The van der Waals surface area contributed by atoms with E-state index in [2.05, 4.69) is 5.32 Å². The first-order valence-electron chi connectivity index (χ1n) is 6.24. The highest BCUT2D eigenvalue weighted by Crippen LogP contribution is 2.11. The lowest BCUT2D eigenvalue weighted by molar-refractivity contribution is -0.151. The molecule has 0 aromatic carbocycles.